The van der Waals surface area contributed by atoms with Crippen LogP contribution < -0.4 is 10.1 Å². The molecule has 0 radical (unpaired) electrons. The summed E-state index contributed by atoms with van der Waals surface area (Å²) in [6.45, 7) is 3.60. The average molecular weight is 436 g/mol. The fraction of sp³-hybridized carbons (Fsp3) is 0.346. The van der Waals surface area contributed by atoms with E-state index in [4.69, 9.17) is 9.47 Å². The molecule has 1 heterocycles. The second-order valence-electron chi connectivity index (χ2n) is 7.74. The molecule has 3 aromatic rings. The minimum Gasteiger partial charge on any atom is -0.497 e. The molecular formula is C26H33N3O3. The van der Waals surface area contributed by atoms with Crippen LogP contribution in [0, 0.1) is 0 Å². The molecule has 0 aliphatic rings. The summed E-state index contributed by atoms with van der Waals surface area (Å²) in [7, 11) is 3.37. The molecule has 0 saturated heterocycles. The van der Waals surface area contributed by atoms with E-state index in [1.807, 2.05) is 47.4 Å². The van der Waals surface area contributed by atoms with Gasteiger partial charge in [0.2, 0.25) is 5.91 Å². The molecule has 0 spiro atoms. The maximum absolute atomic E-state index is 13.1. The molecule has 0 saturated carbocycles. The number of hydrogen-bond acceptors (Lipinski definition) is 4. The van der Waals surface area contributed by atoms with Crippen LogP contribution in [0.1, 0.15) is 23.2 Å². The highest BCUT2D eigenvalue weighted by Gasteiger charge is 2.16. The molecule has 1 aromatic heterocycles. The van der Waals surface area contributed by atoms with Gasteiger partial charge < -0.3 is 24.3 Å². The first kappa shape index (κ1) is 23.6. The highest BCUT2D eigenvalue weighted by Crippen LogP contribution is 2.17. The number of rotatable bonds is 13. The predicted molar refractivity (Wildman–Crippen MR) is 127 cm³/mol. The van der Waals surface area contributed by atoms with E-state index in [9.17, 15) is 4.79 Å². The number of amides is 1. The Morgan fingerprint density at radius 2 is 1.78 bits per heavy atom. The smallest absolute Gasteiger partial charge is 0.237 e. The SMILES string of the molecule is COCCCNCC(=O)N(Cc1ccccc1)Cc1cccn1Cc1cccc(OC)c1. The van der Waals surface area contributed by atoms with Gasteiger partial charge in [0.25, 0.3) is 0 Å². The van der Waals surface area contributed by atoms with E-state index in [0.29, 0.717) is 26.2 Å². The number of hydrogen-bond donors (Lipinski definition) is 1. The summed E-state index contributed by atoms with van der Waals surface area (Å²) >= 11 is 0. The van der Waals surface area contributed by atoms with Gasteiger partial charge in [-0.25, -0.2) is 0 Å². The molecule has 2 aromatic carbocycles. The van der Waals surface area contributed by atoms with Crippen molar-refractivity contribution >= 4 is 5.91 Å². The average Bonchev–Trinajstić information content (AvgIpc) is 3.25. The molecule has 0 fully saturated rings. The fourth-order valence-electron chi connectivity index (χ4n) is 3.60. The van der Waals surface area contributed by atoms with E-state index in [0.717, 1.165) is 42.1 Å². The monoisotopic (exact) mass is 435 g/mol. The molecule has 6 heteroatoms. The zero-order valence-corrected chi connectivity index (χ0v) is 19.0. The second-order valence-corrected chi connectivity index (χ2v) is 7.74. The van der Waals surface area contributed by atoms with Gasteiger partial charge in [-0.1, -0.05) is 42.5 Å². The van der Waals surface area contributed by atoms with Gasteiger partial charge in [-0.3, -0.25) is 4.79 Å². The summed E-state index contributed by atoms with van der Waals surface area (Å²) in [5.74, 6) is 0.928. The van der Waals surface area contributed by atoms with Crippen LogP contribution in [0.15, 0.2) is 72.9 Å². The lowest BCUT2D eigenvalue weighted by molar-refractivity contribution is -0.131. The zero-order chi connectivity index (χ0) is 22.6. The first-order valence-electron chi connectivity index (χ1n) is 11.0. The van der Waals surface area contributed by atoms with Crippen LogP contribution >= 0.6 is 0 Å². The summed E-state index contributed by atoms with van der Waals surface area (Å²) in [6.07, 6.45) is 2.94. The Morgan fingerprint density at radius 3 is 2.56 bits per heavy atom. The van der Waals surface area contributed by atoms with E-state index in [-0.39, 0.29) is 5.91 Å². The van der Waals surface area contributed by atoms with Crippen LogP contribution in [0.25, 0.3) is 0 Å². The van der Waals surface area contributed by atoms with Gasteiger partial charge in [-0.2, -0.15) is 0 Å². The number of carbonyl (C=O) groups is 1. The number of benzene rings is 2. The normalized spacial score (nSPS) is 10.8. The molecule has 1 amide bonds. The first-order chi connectivity index (χ1) is 15.7. The summed E-state index contributed by atoms with van der Waals surface area (Å²) < 4.78 is 12.6. The Balaban J connectivity index is 1.70. The van der Waals surface area contributed by atoms with Crippen molar-refractivity contribution in [3.05, 3.63) is 89.7 Å². The Labute approximate surface area is 190 Å². The summed E-state index contributed by atoms with van der Waals surface area (Å²) in [6, 6.07) is 22.3. The Kier molecular flexibility index (Phi) is 9.35. The summed E-state index contributed by atoms with van der Waals surface area (Å²) in [5, 5.41) is 3.24. The van der Waals surface area contributed by atoms with Gasteiger partial charge in [0.1, 0.15) is 5.75 Å². The zero-order valence-electron chi connectivity index (χ0n) is 19.0. The Hall–Kier alpha value is -3.09. The molecule has 0 aliphatic carbocycles. The van der Waals surface area contributed by atoms with E-state index >= 15 is 0 Å². The summed E-state index contributed by atoms with van der Waals surface area (Å²) in [4.78, 5) is 15.0. The third kappa shape index (κ3) is 7.25. The van der Waals surface area contributed by atoms with E-state index in [1.165, 1.54) is 0 Å². The van der Waals surface area contributed by atoms with Gasteiger partial charge in [-0.15, -0.1) is 0 Å². The van der Waals surface area contributed by atoms with Crippen molar-refractivity contribution in [1.29, 1.82) is 0 Å². The van der Waals surface area contributed by atoms with E-state index in [2.05, 4.69) is 40.3 Å². The van der Waals surface area contributed by atoms with Crippen LogP contribution in [0.2, 0.25) is 0 Å². The van der Waals surface area contributed by atoms with Gasteiger partial charge in [0, 0.05) is 38.7 Å². The van der Waals surface area contributed by atoms with Crippen molar-refractivity contribution in [1.82, 2.24) is 14.8 Å². The van der Waals surface area contributed by atoms with E-state index in [1.54, 1.807) is 14.2 Å². The lowest BCUT2D eigenvalue weighted by atomic mass is 10.2. The largest absolute Gasteiger partial charge is 0.497 e. The number of methoxy groups -OCH3 is 2. The number of carbonyl (C=O) groups excluding carboxylic acids is 1. The molecule has 170 valence electrons. The first-order valence-corrected chi connectivity index (χ1v) is 11.0. The van der Waals surface area contributed by atoms with Crippen molar-refractivity contribution in [2.75, 3.05) is 33.9 Å². The lowest BCUT2D eigenvalue weighted by Gasteiger charge is -2.24. The van der Waals surface area contributed by atoms with Gasteiger partial charge in [0.05, 0.1) is 20.2 Å². The van der Waals surface area contributed by atoms with Gasteiger partial charge in [-0.05, 0) is 48.4 Å². The second kappa shape index (κ2) is 12.7. The standard InChI is InChI=1S/C26H33N3O3/c1-31-16-8-14-27-18-26(30)29(19-22-9-4-3-5-10-22)21-24-12-7-15-28(24)20-23-11-6-13-25(17-23)32-2/h3-7,9-13,15,17,27H,8,14,16,18-21H2,1-2H3. The molecule has 0 aliphatic heterocycles. The highest BCUT2D eigenvalue weighted by molar-refractivity contribution is 5.78. The maximum atomic E-state index is 13.1. The van der Waals surface area contributed by atoms with Crippen LogP contribution in [-0.2, 0) is 29.2 Å². The number of ether oxygens (including phenoxy) is 2. The minimum absolute atomic E-state index is 0.0837. The molecule has 6 nitrogen and oxygen atoms in total. The van der Waals surface area contributed by atoms with Gasteiger partial charge >= 0.3 is 0 Å². The van der Waals surface area contributed by atoms with Crippen molar-refractivity contribution in [3.63, 3.8) is 0 Å². The maximum Gasteiger partial charge on any atom is 0.237 e. The fourth-order valence-corrected chi connectivity index (χ4v) is 3.60. The highest BCUT2D eigenvalue weighted by atomic mass is 16.5. The summed E-state index contributed by atoms with van der Waals surface area (Å²) in [5.41, 5.74) is 3.37. The van der Waals surface area contributed by atoms with Crippen LogP contribution in [0.5, 0.6) is 5.75 Å². The van der Waals surface area contributed by atoms with Crippen LogP contribution in [0.4, 0.5) is 0 Å². The minimum atomic E-state index is 0.0837. The quantitative estimate of drug-likeness (QED) is 0.416. The van der Waals surface area contributed by atoms with Crippen molar-refractivity contribution in [2.24, 2.45) is 0 Å². The van der Waals surface area contributed by atoms with Crippen molar-refractivity contribution in [2.45, 2.75) is 26.1 Å². The number of nitrogens with one attached hydrogen (secondary N) is 1. The topological polar surface area (TPSA) is 55.7 Å². The molecule has 0 bridgehead atoms. The molecule has 1 N–H and O–H groups in total. The van der Waals surface area contributed by atoms with Gasteiger partial charge in [0.15, 0.2) is 0 Å². The molecular weight excluding hydrogens is 402 g/mol. The predicted octanol–water partition coefficient (Wildman–Crippen LogP) is 3.70. The van der Waals surface area contributed by atoms with Crippen LogP contribution in [-0.4, -0.2) is 49.3 Å². The third-order valence-corrected chi connectivity index (χ3v) is 5.31. The Morgan fingerprint density at radius 1 is 0.969 bits per heavy atom. The molecule has 3 rings (SSSR count). The third-order valence-electron chi connectivity index (χ3n) is 5.31. The van der Waals surface area contributed by atoms with Crippen molar-refractivity contribution in [3.8, 4) is 5.75 Å². The van der Waals surface area contributed by atoms with Crippen molar-refractivity contribution < 1.29 is 14.3 Å². The number of aromatic nitrogens is 1. The van der Waals surface area contributed by atoms with E-state index < -0.39 is 0 Å². The molecule has 32 heavy (non-hydrogen) atoms. The molecule has 0 atom stereocenters. The van der Waals surface area contributed by atoms with Crippen LogP contribution in [0.3, 0.4) is 0 Å². The number of nitrogens with zero attached hydrogens (tertiary/aromatic N) is 2. The molecule has 0 unspecified atom stereocenters. The Bertz CT molecular complexity index is 956. The lowest BCUT2D eigenvalue weighted by Crippen LogP contribution is -2.38.